The van der Waals surface area contributed by atoms with E-state index in [0.717, 1.165) is 0 Å². The average molecular weight is 213 g/mol. The summed E-state index contributed by atoms with van der Waals surface area (Å²) in [6.45, 7) is 3.86. The van der Waals surface area contributed by atoms with Gasteiger partial charge in [0.1, 0.15) is 12.1 Å². The number of carboxylic acid groups (broad SMARTS) is 1. The molecule has 6 heteroatoms. The van der Waals surface area contributed by atoms with Gasteiger partial charge in [0.2, 0.25) is 0 Å². The molecule has 4 N–H and O–H groups in total. The number of hydrogen-bond donors (Lipinski definition) is 3. The van der Waals surface area contributed by atoms with Crippen molar-refractivity contribution in [2.24, 2.45) is 5.73 Å². The summed E-state index contributed by atoms with van der Waals surface area (Å²) >= 11 is 0. The molecule has 2 unspecified atom stereocenters. The lowest BCUT2D eigenvalue weighted by Gasteiger charge is -2.12. The fourth-order valence-electron chi connectivity index (χ4n) is 1.13. The number of carboxylic acids is 1. The summed E-state index contributed by atoms with van der Waals surface area (Å²) in [4.78, 5) is 10.5. The van der Waals surface area contributed by atoms with Crippen molar-refractivity contribution in [1.82, 2.24) is 9.78 Å². The Hall–Kier alpha value is -1.40. The molecule has 0 amide bonds. The molecule has 1 aromatic rings. The van der Waals surface area contributed by atoms with Crippen LogP contribution < -0.4 is 5.73 Å². The van der Waals surface area contributed by atoms with Gasteiger partial charge in [0.05, 0.1) is 6.20 Å². The monoisotopic (exact) mass is 213 g/mol. The zero-order valence-electron chi connectivity index (χ0n) is 8.66. The van der Waals surface area contributed by atoms with Crippen LogP contribution in [0.5, 0.6) is 0 Å². The molecule has 0 aliphatic carbocycles. The molecule has 0 aliphatic heterocycles. The first-order chi connectivity index (χ1) is 6.93. The molecule has 0 saturated heterocycles. The second-order valence-electron chi connectivity index (χ2n) is 3.66. The van der Waals surface area contributed by atoms with Crippen LogP contribution in [0.3, 0.4) is 0 Å². The van der Waals surface area contributed by atoms with Crippen LogP contribution in [0.1, 0.15) is 31.6 Å². The van der Waals surface area contributed by atoms with Crippen molar-refractivity contribution in [3.63, 3.8) is 0 Å². The van der Waals surface area contributed by atoms with Crippen molar-refractivity contribution in [2.45, 2.75) is 32.0 Å². The topological polar surface area (TPSA) is 101 Å². The molecule has 1 aromatic heterocycles. The van der Waals surface area contributed by atoms with Crippen molar-refractivity contribution < 1.29 is 15.0 Å². The van der Waals surface area contributed by atoms with Gasteiger partial charge in [0.15, 0.2) is 0 Å². The number of aliphatic hydroxyl groups is 1. The normalized spacial score (nSPS) is 15.3. The number of carbonyl (C=O) groups is 1. The van der Waals surface area contributed by atoms with Gasteiger partial charge in [0.25, 0.3) is 0 Å². The molecular weight excluding hydrogens is 198 g/mol. The van der Waals surface area contributed by atoms with Crippen molar-refractivity contribution in [3.8, 4) is 0 Å². The molecule has 6 nitrogen and oxygen atoms in total. The van der Waals surface area contributed by atoms with Gasteiger partial charge >= 0.3 is 5.97 Å². The first-order valence-electron chi connectivity index (χ1n) is 4.64. The van der Waals surface area contributed by atoms with Gasteiger partial charge in [-0.15, -0.1) is 0 Å². The Bertz CT molecular complexity index is 348. The highest BCUT2D eigenvalue weighted by Gasteiger charge is 2.24. The van der Waals surface area contributed by atoms with Gasteiger partial charge in [-0.05, 0) is 13.8 Å². The minimum Gasteiger partial charge on any atom is -0.480 e. The number of nitrogens with zero attached hydrogens (tertiary/aromatic N) is 2. The summed E-state index contributed by atoms with van der Waals surface area (Å²) < 4.78 is 1.63. The lowest BCUT2D eigenvalue weighted by Crippen LogP contribution is -2.36. The Balaban J connectivity index is 2.82. The number of nitrogens with two attached hydrogens (primary N) is 1. The largest absolute Gasteiger partial charge is 0.480 e. The molecule has 0 fully saturated rings. The highest BCUT2D eigenvalue weighted by molar-refractivity contribution is 5.74. The highest BCUT2D eigenvalue weighted by atomic mass is 16.4. The Labute approximate surface area is 87.3 Å². The van der Waals surface area contributed by atoms with Crippen molar-refractivity contribution in [3.05, 3.63) is 18.0 Å². The van der Waals surface area contributed by atoms with Crippen LogP contribution in [0.4, 0.5) is 0 Å². The lowest BCUT2D eigenvalue weighted by atomic mass is 10.1. The SMILES string of the molecule is CC(C)n1cc(C(O)C(N)C(=O)O)cn1. The second kappa shape index (κ2) is 4.41. The zero-order valence-corrected chi connectivity index (χ0v) is 8.66. The van der Waals surface area contributed by atoms with Crippen molar-refractivity contribution in [2.75, 3.05) is 0 Å². The minimum atomic E-state index is -1.32. The fourth-order valence-corrected chi connectivity index (χ4v) is 1.13. The summed E-state index contributed by atoms with van der Waals surface area (Å²) in [5.74, 6) is -1.24. The maximum absolute atomic E-state index is 10.5. The Kier molecular flexibility index (Phi) is 3.43. The van der Waals surface area contributed by atoms with Gasteiger partial charge in [-0.1, -0.05) is 0 Å². The Morgan fingerprint density at radius 2 is 2.20 bits per heavy atom. The van der Waals surface area contributed by atoms with Gasteiger partial charge in [0, 0.05) is 17.8 Å². The Morgan fingerprint density at radius 1 is 1.60 bits per heavy atom. The maximum Gasteiger partial charge on any atom is 0.323 e. The molecule has 0 aromatic carbocycles. The molecule has 2 atom stereocenters. The smallest absolute Gasteiger partial charge is 0.323 e. The standard InChI is InChI=1S/C9H15N3O3/c1-5(2)12-4-6(3-11-12)8(13)7(10)9(14)15/h3-5,7-8,13H,10H2,1-2H3,(H,14,15). The summed E-state index contributed by atoms with van der Waals surface area (Å²) in [6.07, 6.45) is 1.79. The number of aromatic nitrogens is 2. The number of rotatable bonds is 4. The van der Waals surface area contributed by atoms with E-state index in [9.17, 15) is 9.90 Å². The van der Waals surface area contributed by atoms with Gasteiger partial charge in [-0.3, -0.25) is 9.48 Å². The summed E-state index contributed by atoms with van der Waals surface area (Å²) in [5, 5.41) is 22.2. The van der Waals surface area contributed by atoms with Crippen LogP contribution in [0.25, 0.3) is 0 Å². The molecule has 15 heavy (non-hydrogen) atoms. The minimum absolute atomic E-state index is 0.159. The second-order valence-corrected chi connectivity index (χ2v) is 3.66. The summed E-state index contributed by atoms with van der Waals surface area (Å²) in [7, 11) is 0. The lowest BCUT2D eigenvalue weighted by molar-refractivity contribution is -0.141. The summed E-state index contributed by atoms with van der Waals surface area (Å²) in [6, 6.07) is -1.16. The molecule has 0 aliphatic rings. The van der Waals surface area contributed by atoms with Crippen LogP contribution >= 0.6 is 0 Å². The van der Waals surface area contributed by atoms with Crippen LogP contribution in [0.15, 0.2) is 12.4 Å². The van der Waals surface area contributed by atoms with E-state index in [-0.39, 0.29) is 6.04 Å². The Morgan fingerprint density at radius 3 is 2.60 bits per heavy atom. The highest BCUT2D eigenvalue weighted by Crippen LogP contribution is 2.16. The first-order valence-corrected chi connectivity index (χ1v) is 4.64. The quantitative estimate of drug-likeness (QED) is 0.648. The third kappa shape index (κ3) is 2.54. The van der Waals surface area contributed by atoms with E-state index >= 15 is 0 Å². The molecule has 1 rings (SSSR count). The molecule has 0 saturated carbocycles. The fraction of sp³-hybridized carbons (Fsp3) is 0.556. The van der Waals surface area contributed by atoms with E-state index in [2.05, 4.69) is 5.10 Å². The molecule has 0 radical (unpaired) electrons. The predicted octanol–water partition coefficient (Wildman–Crippen LogP) is -0.0907. The molecule has 84 valence electrons. The van der Waals surface area contributed by atoms with E-state index in [1.807, 2.05) is 13.8 Å². The molecule has 0 bridgehead atoms. The molecular formula is C9H15N3O3. The van der Waals surface area contributed by atoms with E-state index < -0.39 is 18.1 Å². The van der Waals surface area contributed by atoms with E-state index in [1.54, 1.807) is 10.9 Å². The first kappa shape index (κ1) is 11.7. The zero-order chi connectivity index (χ0) is 11.6. The number of aliphatic carboxylic acids is 1. The van der Waals surface area contributed by atoms with Gasteiger partial charge in [-0.25, -0.2) is 0 Å². The van der Waals surface area contributed by atoms with E-state index in [1.165, 1.54) is 6.20 Å². The van der Waals surface area contributed by atoms with E-state index in [0.29, 0.717) is 5.56 Å². The van der Waals surface area contributed by atoms with Gasteiger partial charge in [-0.2, -0.15) is 5.10 Å². The van der Waals surface area contributed by atoms with Crippen LogP contribution in [-0.2, 0) is 4.79 Å². The van der Waals surface area contributed by atoms with Gasteiger partial charge < -0.3 is 15.9 Å². The molecule has 0 spiro atoms. The third-order valence-corrected chi connectivity index (χ3v) is 2.12. The predicted molar refractivity (Wildman–Crippen MR) is 53.2 cm³/mol. The van der Waals surface area contributed by atoms with Crippen LogP contribution in [-0.4, -0.2) is 32.0 Å². The molecule has 1 heterocycles. The number of aliphatic hydroxyl groups excluding tert-OH is 1. The number of hydrogen-bond acceptors (Lipinski definition) is 4. The van der Waals surface area contributed by atoms with E-state index in [4.69, 9.17) is 10.8 Å². The maximum atomic E-state index is 10.5. The van der Waals surface area contributed by atoms with Crippen LogP contribution in [0, 0.1) is 0 Å². The van der Waals surface area contributed by atoms with Crippen molar-refractivity contribution >= 4 is 5.97 Å². The van der Waals surface area contributed by atoms with Crippen LogP contribution in [0.2, 0.25) is 0 Å². The average Bonchev–Trinajstić information content (AvgIpc) is 2.64. The summed E-state index contributed by atoms with van der Waals surface area (Å²) in [5.41, 5.74) is 5.71. The van der Waals surface area contributed by atoms with Crippen molar-refractivity contribution in [1.29, 1.82) is 0 Å². The third-order valence-electron chi connectivity index (χ3n) is 2.12.